The largest absolute Gasteiger partial charge is 0.378 e. The highest BCUT2D eigenvalue weighted by molar-refractivity contribution is 7.88. The predicted octanol–water partition coefficient (Wildman–Crippen LogP) is 0.461. The lowest BCUT2D eigenvalue weighted by molar-refractivity contribution is 0.122. The van der Waals surface area contributed by atoms with E-state index >= 15 is 0 Å². The minimum Gasteiger partial charge on any atom is -0.378 e. The van der Waals surface area contributed by atoms with Crippen molar-refractivity contribution >= 4 is 27.4 Å². The first kappa shape index (κ1) is 23.9. The number of imidazole rings is 1. The van der Waals surface area contributed by atoms with E-state index in [0.717, 1.165) is 54.3 Å². The van der Waals surface area contributed by atoms with E-state index in [0.29, 0.717) is 38.9 Å². The molecule has 0 aromatic carbocycles. The Hall–Kier alpha value is -2.87. The molecule has 3 aromatic rings. The summed E-state index contributed by atoms with van der Waals surface area (Å²) in [6.07, 6.45) is 10.2. The smallest absolute Gasteiger partial charge is 0.219 e. The Labute approximate surface area is 204 Å². The van der Waals surface area contributed by atoms with E-state index in [4.69, 9.17) is 20.4 Å². The Morgan fingerprint density at radius 2 is 1.77 bits per heavy atom. The van der Waals surface area contributed by atoms with Crippen molar-refractivity contribution < 1.29 is 13.2 Å². The molecule has 13 heteroatoms. The highest BCUT2D eigenvalue weighted by Gasteiger charge is 2.27. The van der Waals surface area contributed by atoms with Crippen molar-refractivity contribution in [2.45, 2.75) is 25.4 Å². The molecule has 0 spiro atoms. The van der Waals surface area contributed by atoms with Crippen LogP contribution in [0.1, 0.15) is 18.5 Å². The van der Waals surface area contributed by atoms with Crippen molar-refractivity contribution in [1.29, 1.82) is 0 Å². The monoisotopic (exact) mass is 501 g/mol. The van der Waals surface area contributed by atoms with Gasteiger partial charge in [0.2, 0.25) is 16.0 Å². The van der Waals surface area contributed by atoms with Crippen molar-refractivity contribution in [1.82, 2.24) is 33.5 Å². The van der Waals surface area contributed by atoms with Gasteiger partial charge in [0.15, 0.2) is 11.5 Å². The zero-order valence-corrected chi connectivity index (χ0v) is 20.9. The van der Waals surface area contributed by atoms with Crippen molar-refractivity contribution in [2.75, 3.05) is 63.3 Å². The normalized spacial score (nSPS) is 18.5. The molecule has 0 unspecified atom stereocenters. The Morgan fingerprint density at radius 1 is 1.09 bits per heavy atom. The first-order valence-electron chi connectivity index (χ1n) is 11.7. The Kier molecular flexibility index (Phi) is 6.57. The highest BCUT2D eigenvalue weighted by atomic mass is 32.2. The summed E-state index contributed by atoms with van der Waals surface area (Å²) in [6.45, 7) is 4.54. The second kappa shape index (κ2) is 9.64. The van der Waals surface area contributed by atoms with E-state index in [9.17, 15) is 8.42 Å². The molecule has 0 saturated carbocycles. The molecule has 3 aromatic heterocycles. The van der Waals surface area contributed by atoms with Crippen molar-refractivity contribution in [3.63, 3.8) is 0 Å². The average Bonchev–Trinajstić information content (AvgIpc) is 3.26. The van der Waals surface area contributed by atoms with E-state index in [1.165, 1.54) is 6.26 Å². The van der Waals surface area contributed by atoms with Crippen LogP contribution in [0.25, 0.3) is 16.9 Å². The molecule has 188 valence electrons. The Bertz CT molecular complexity index is 1280. The van der Waals surface area contributed by atoms with Crippen molar-refractivity contribution in [3.8, 4) is 11.3 Å². The fourth-order valence-electron chi connectivity index (χ4n) is 4.70. The van der Waals surface area contributed by atoms with Gasteiger partial charge in [-0.2, -0.15) is 0 Å². The summed E-state index contributed by atoms with van der Waals surface area (Å²) in [7, 11) is -1.06. The molecule has 0 amide bonds. The van der Waals surface area contributed by atoms with Crippen LogP contribution in [-0.2, 0) is 21.3 Å². The fourth-order valence-corrected chi connectivity index (χ4v) is 5.58. The van der Waals surface area contributed by atoms with Gasteiger partial charge in [-0.1, -0.05) is 0 Å². The number of nitrogen functional groups attached to an aromatic ring is 1. The van der Waals surface area contributed by atoms with Crippen LogP contribution in [0.15, 0.2) is 24.8 Å². The van der Waals surface area contributed by atoms with Crippen molar-refractivity contribution in [3.05, 3.63) is 30.5 Å². The number of aromatic nitrogens is 5. The van der Waals surface area contributed by atoms with E-state index in [-0.39, 0.29) is 5.95 Å². The summed E-state index contributed by atoms with van der Waals surface area (Å²) in [5.74, 6) is 1.02. The lowest BCUT2D eigenvalue weighted by Crippen LogP contribution is -2.44. The van der Waals surface area contributed by atoms with Crippen LogP contribution in [0.4, 0.5) is 11.8 Å². The molecule has 2 saturated heterocycles. The second-order valence-electron chi connectivity index (χ2n) is 9.15. The van der Waals surface area contributed by atoms with Gasteiger partial charge in [-0.05, 0) is 19.9 Å². The molecule has 5 heterocycles. The third kappa shape index (κ3) is 5.22. The number of hydrogen-bond acceptors (Lipinski definition) is 10. The summed E-state index contributed by atoms with van der Waals surface area (Å²) in [5, 5.41) is 0. The van der Waals surface area contributed by atoms with E-state index < -0.39 is 10.0 Å². The molecule has 35 heavy (non-hydrogen) atoms. The summed E-state index contributed by atoms with van der Waals surface area (Å²) >= 11 is 0. The first-order chi connectivity index (χ1) is 16.8. The van der Waals surface area contributed by atoms with Crippen LogP contribution in [0.5, 0.6) is 0 Å². The third-order valence-corrected chi connectivity index (χ3v) is 7.98. The van der Waals surface area contributed by atoms with E-state index in [2.05, 4.69) is 26.8 Å². The maximum Gasteiger partial charge on any atom is 0.219 e. The quantitative estimate of drug-likeness (QED) is 0.507. The van der Waals surface area contributed by atoms with Crippen LogP contribution < -0.4 is 10.6 Å². The summed E-state index contributed by atoms with van der Waals surface area (Å²) in [4.78, 5) is 22.6. The Balaban J connectivity index is 1.41. The van der Waals surface area contributed by atoms with Gasteiger partial charge in [-0.3, -0.25) is 4.90 Å². The highest BCUT2D eigenvalue weighted by Crippen LogP contribution is 2.26. The van der Waals surface area contributed by atoms with E-state index in [1.807, 2.05) is 16.8 Å². The number of fused-ring (bicyclic) bond motifs is 1. The van der Waals surface area contributed by atoms with Crippen molar-refractivity contribution in [2.24, 2.45) is 0 Å². The lowest BCUT2D eigenvalue weighted by Gasteiger charge is -2.35. The summed E-state index contributed by atoms with van der Waals surface area (Å²) in [5.41, 5.74) is 8.91. The third-order valence-electron chi connectivity index (χ3n) is 6.68. The molecule has 12 nitrogen and oxygen atoms in total. The predicted molar refractivity (Wildman–Crippen MR) is 132 cm³/mol. The zero-order valence-electron chi connectivity index (χ0n) is 20.0. The zero-order chi connectivity index (χ0) is 24.6. The second-order valence-corrected chi connectivity index (χ2v) is 11.1. The van der Waals surface area contributed by atoms with Gasteiger partial charge in [0.25, 0.3) is 0 Å². The molecular weight excluding hydrogens is 470 g/mol. The number of anilines is 2. The SMILES string of the molecule is CN(Cc1cn2cc(-c3cnc(N)nc3)nc(N3CCOCC3)c2n1)C1CCN(S(C)(=O)=O)CC1. The van der Waals surface area contributed by atoms with Gasteiger partial charge >= 0.3 is 0 Å². The van der Waals surface area contributed by atoms with Gasteiger partial charge < -0.3 is 19.8 Å². The minimum absolute atomic E-state index is 0.221. The van der Waals surface area contributed by atoms with Gasteiger partial charge in [-0.25, -0.2) is 32.7 Å². The molecule has 2 fully saturated rings. The summed E-state index contributed by atoms with van der Waals surface area (Å²) in [6, 6.07) is 0.303. The number of morpholine rings is 1. The molecular formula is C22H31N9O3S. The lowest BCUT2D eigenvalue weighted by atomic mass is 10.1. The molecule has 5 rings (SSSR count). The van der Waals surface area contributed by atoms with Gasteiger partial charge in [0.1, 0.15) is 0 Å². The number of piperidine rings is 1. The number of sulfonamides is 1. The van der Waals surface area contributed by atoms with Crippen LogP contribution >= 0.6 is 0 Å². The molecule has 0 radical (unpaired) electrons. The standard InChI is InChI=1S/C22H31N9O3S/c1-28(18-3-5-31(6-4-18)35(2,32)33)13-17-14-30-15-19(16-11-24-22(23)25-12-16)27-21(20(30)26-17)29-7-9-34-10-8-29/h11-12,14-15,18H,3-10,13H2,1-2H3,(H2,23,24,25). The number of ether oxygens (including phenoxy) is 1. The molecule has 0 aliphatic carbocycles. The van der Waals surface area contributed by atoms with Gasteiger partial charge in [0, 0.05) is 69.1 Å². The maximum atomic E-state index is 11.8. The van der Waals surface area contributed by atoms with Crippen LogP contribution in [-0.4, -0.2) is 101 Å². The number of nitrogens with two attached hydrogens (primary N) is 1. The first-order valence-corrected chi connectivity index (χ1v) is 13.6. The van der Waals surface area contributed by atoms with Crippen LogP contribution in [0.3, 0.4) is 0 Å². The fraction of sp³-hybridized carbons (Fsp3) is 0.545. The molecule has 2 N–H and O–H groups in total. The average molecular weight is 502 g/mol. The molecule has 2 aliphatic heterocycles. The van der Waals surface area contributed by atoms with Crippen LogP contribution in [0.2, 0.25) is 0 Å². The maximum absolute atomic E-state index is 11.8. The van der Waals surface area contributed by atoms with E-state index in [1.54, 1.807) is 16.7 Å². The van der Waals surface area contributed by atoms with Gasteiger partial charge in [-0.15, -0.1) is 0 Å². The van der Waals surface area contributed by atoms with Gasteiger partial charge in [0.05, 0.1) is 30.9 Å². The Morgan fingerprint density at radius 3 is 2.43 bits per heavy atom. The summed E-state index contributed by atoms with van der Waals surface area (Å²) < 4.78 is 32.8. The molecule has 0 atom stereocenters. The number of hydrogen-bond donors (Lipinski definition) is 1. The molecule has 2 aliphatic rings. The van der Waals surface area contributed by atoms with Crippen LogP contribution in [0, 0.1) is 0 Å². The minimum atomic E-state index is -3.13. The topological polar surface area (TPSA) is 135 Å². The molecule has 0 bridgehead atoms. The number of nitrogens with zero attached hydrogens (tertiary/aromatic N) is 8. The number of rotatable bonds is 6.